The fourth-order valence-corrected chi connectivity index (χ4v) is 3.63. The zero-order valence-electron chi connectivity index (χ0n) is 20.0. The normalized spacial score (nSPS) is 13.9. The van der Waals surface area contributed by atoms with E-state index in [-0.39, 0.29) is 12.0 Å². The molecule has 178 valence electrons. The Morgan fingerprint density at radius 3 is 2.52 bits per heavy atom. The smallest absolute Gasteiger partial charge is 0.335 e. The van der Waals surface area contributed by atoms with Gasteiger partial charge in [-0.2, -0.15) is 0 Å². The molecule has 33 heavy (non-hydrogen) atoms. The number of esters is 1. The van der Waals surface area contributed by atoms with Gasteiger partial charge >= 0.3 is 12.0 Å². The van der Waals surface area contributed by atoms with E-state index >= 15 is 0 Å². The van der Waals surface area contributed by atoms with Gasteiger partial charge in [0, 0.05) is 25.7 Å². The minimum Gasteiger partial charge on any atom is -0.467 e. The molecule has 0 radical (unpaired) electrons. The summed E-state index contributed by atoms with van der Waals surface area (Å²) in [4.78, 5) is 26.2. The van der Waals surface area contributed by atoms with Gasteiger partial charge in [-0.05, 0) is 54.0 Å². The third-order valence-electron chi connectivity index (χ3n) is 6.00. The Morgan fingerprint density at radius 2 is 1.85 bits per heavy atom. The van der Waals surface area contributed by atoms with Crippen LogP contribution in [0.5, 0.6) is 0 Å². The Hall–Kier alpha value is -2.86. The molecule has 2 aromatic rings. The van der Waals surface area contributed by atoms with Gasteiger partial charge in [0.25, 0.3) is 0 Å². The summed E-state index contributed by atoms with van der Waals surface area (Å²) in [6.07, 6.45) is 5.50. The lowest BCUT2D eigenvalue weighted by Gasteiger charge is -2.19. The minimum absolute atomic E-state index is 0.0985. The third kappa shape index (κ3) is 7.60. The number of nitrogens with one attached hydrogen (secondary N) is 1. The number of methoxy groups -OCH3 is 1. The lowest BCUT2D eigenvalue weighted by Crippen LogP contribution is -2.37. The Balaban J connectivity index is 1.62. The molecule has 3 rings (SSSR count). The molecule has 0 heterocycles. The average Bonchev–Trinajstić information content (AvgIpc) is 3.68. The fraction of sp³-hybridized carbons (Fsp3) is 0.481. The van der Waals surface area contributed by atoms with E-state index in [1.807, 2.05) is 48.5 Å². The molecule has 1 fully saturated rings. The number of rotatable bonds is 12. The molecule has 0 spiro atoms. The highest BCUT2D eigenvalue weighted by Gasteiger charge is 2.26. The predicted molar refractivity (Wildman–Crippen MR) is 131 cm³/mol. The molecular formula is C27H36N2O4. The number of carbonyl (C=O) groups excluding carboxylic acids is 2. The second-order valence-electron chi connectivity index (χ2n) is 8.74. The van der Waals surface area contributed by atoms with Gasteiger partial charge in [-0.25, -0.2) is 9.59 Å². The standard InChI is InChI=1S/C27H36N2O4/c1-4-5-6-16-28-27(31)29(2)24-9-7-8-23(18-24)22-14-12-20(13-15-22)17-25(26(30)32-3)33-19-21-10-11-21/h7-9,12-15,18,21,25H,4-6,10-11,16-17,19H2,1-3H3,(H,28,31)/t25-/m0/s1. The van der Waals surface area contributed by atoms with Crippen molar-refractivity contribution in [3.05, 3.63) is 54.1 Å². The number of ether oxygens (including phenoxy) is 2. The van der Waals surface area contributed by atoms with Crippen molar-refractivity contribution < 1.29 is 19.1 Å². The van der Waals surface area contributed by atoms with Crippen LogP contribution < -0.4 is 10.2 Å². The van der Waals surface area contributed by atoms with E-state index in [0.29, 0.717) is 25.5 Å². The maximum absolute atomic E-state index is 12.4. The third-order valence-corrected chi connectivity index (χ3v) is 6.00. The SMILES string of the molecule is CCCCCNC(=O)N(C)c1cccc(-c2ccc(C[C@H](OCC3CC3)C(=O)OC)cc2)c1. The van der Waals surface area contributed by atoms with E-state index in [2.05, 4.69) is 12.2 Å². The number of urea groups is 1. The van der Waals surface area contributed by atoms with Crippen molar-refractivity contribution >= 4 is 17.7 Å². The number of hydrogen-bond acceptors (Lipinski definition) is 4. The van der Waals surface area contributed by atoms with E-state index in [1.165, 1.54) is 20.0 Å². The molecule has 1 N–H and O–H groups in total. The van der Waals surface area contributed by atoms with Gasteiger partial charge in [-0.1, -0.05) is 56.2 Å². The Morgan fingerprint density at radius 1 is 1.09 bits per heavy atom. The van der Waals surface area contributed by atoms with Crippen LogP contribution >= 0.6 is 0 Å². The monoisotopic (exact) mass is 452 g/mol. The highest BCUT2D eigenvalue weighted by Crippen LogP contribution is 2.30. The van der Waals surface area contributed by atoms with Gasteiger partial charge in [0.2, 0.25) is 0 Å². The number of amides is 2. The fourth-order valence-electron chi connectivity index (χ4n) is 3.63. The van der Waals surface area contributed by atoms with E-state index in [9.17, 15) is 9.59 Å². The lowest BCUT2D eigenvalue weighted by atomic mass is 10.0. The zero-order chi connectivity index (χ0) is 23.6. The van der Waals surface area contributed by atoms with Crippen molar-refractivity contribution in [2.75, 3.05) is 32.2 Å². The summed E-state index contributed by atoms with van der Waals surface area (Å²) in [7, 11) is 3.18. The topological polar surface area (TPSA) is 67.9 Å². The summed E-state index contributed by atoms with van der Waals surface area (Å²) in [5.41, 5.74) is 3.93. The molecule has 2 aromatic carbocycles. The molecule has 1 saturated carbocycles. The second kappa shape index (κ2) is 12.4. The Kier molecular flexibility index (Phi) is 9.31. The van der Waals surface area contributed by atoms with E-state index in [1.54, 1.807) is 11.9 Å². The second-order valence-corrected chi connectivity index (χ2v) is 8.74. The van der Waals surface area contributed by atoms with Gasteiger partial charge in [-0.3, -0.25) is 4.90 Å². The number of unbranched alkanes of at least 4 members (excludes halogenated alkanes) is 2. The van der Waals surface area contributed by atoms with E-state index < -0.39 is 6.10 Å². The molecule has 0 saturated heterocycles. The van der Waals surface area contributed by atoms with Gasteiger partial charge in [0.15, 0.2) is 6.10 Å². The van der Waals surface area contributed by atoms with E-state index in [4.69, 9.17) is 9.47 Å². The average molecular weight is 453 g/mol. The summed E-state index contributed by atoms with van der Waals surface area (Å²) in [5, 5.41) is 2.97. The Labute approximate surface area is 197 Å². The van der Waals surface area contributed by atoms with Crippen LogP contribution in [-0.4, -0.2) is 45.4 Å². The number of anilines is 1. The number of hydrogen-bond donors (Lipinski definition) is 1. The van der Waals surface area contributed by atoms with Crippen LogP contribution in [0.3, 0.4) is 0 Å². The van der Waals surface area contributed by atoms with E-state index in [0.717, 1.165) is 41.6 Å². The maximum Gasteiger partial charge on any atom is 0.335 e. The Bertz CT molecular complexity index is 909. The molecule has 6 nitrogen and oxygen atoms in total. The molecule has 0 aromatic heterocycles. The van der Waals surface area contributed by atoms with Crippen molar-refractivity contribution in [3.8, 4) is 11.1 Å². The molecule has 1 aliphatic rings. The van der Waals surface area contributed by atoms with Gasteiger partial charge in [0.1, 0.15) is 0 Å². The van der Waals surface area contributed by atoms with Crippen LogP contribution in [0.15, 0.2) is 48.5 Å². The molecule has 0 unspecified atom stereocenters. The first-order valence-electron chi connectivity index (χ1n) is 11.9. The molecule has 6 heteroatoms. The zero-order valence-corrected chi connectivity index (χ0v) is 20.0. The van der Waals surface area contributed by atoms with Crippen LogP contribution in [0, 0.1) is 5.92 Å². The highest BCUT2D eigenvalue weighted by atomic mass is 16.6. The summed E-state index contributed by atoms with van der Waals surface area (Å²) >= 11 is 0. The van der Waals surface area contributed by atoms with Gasteiger partial charge in [-0.15, -0.1) is 0 Å². The highest BCUT2D eigenvalue weighted by molar-refractivity contribution is 5.92. The number of carbonyl (C=O) groups is 2. The van der Waals surface area contributed by atoms with Crippen LogP contribution in [0.2, 0.25) is 0 Å². The molecular weight excluding hydrogens is 416 g/mol. The molecule has 1 aliphatic carbocycles. The van der Waals surface area contributed by atoms with Crippen LogP contribution in [0.25, 0.3) is 11.1 Å². The van der Waals surface area contributed by atoms with Gasteiger partial charge in [0.05, 0.1) is 13.7 Å². The maximum atomic E-state index is 12.4. The summed E-state index contributed by atoms with van der Waals surface area (Å²) in [6.45, 7) is 3.45. The molecule has 1 atom stereocenters. The molecule has 0 bridgehead atoms. The van der Waals surface area contributed by atoms with Crippen LogP contribution in [0.1, 0.15) is 44.6 Å². The predicted octanol–water partition coefficient (Wildman–Crippen LogP) is 5.20. The van der Waals surface area contributed by atoms with Crippen molar-refractivity contribution in [1.29, 1.82) is 0 Å². The first kappa shape index (κ1) is 24.8. The number of benzene rings is 2. The van der Waals surface area contributed by atoms with Crippen molar-refractivity contribution in [1.82, 2.24) is 5.32 Å². The number of nitrogens with zero attached hydrogens (tertiary/aromatic N) is 1. The first-order valence-corrected chi connectivity index (χ1v) is 11.9. The van der Waals surface area contributed by atoms with Gasteiger partial charge < -0.3 is 14.8 Å². The van der Waals surface area contributed by atoms with Crippen molar-refractivity contribution in [3.63, 3.8) is 0 Å². The summed E-state index contributed by atoms with van der Waals surface area (Å²) in [6, 6.07) is 15.9. The van der Waals surface area contributed by atoms with Crippen molar-refractivity contribution in [2.45, 2.75) is 51.6 Å². The van der Waals surface area contributed by atoms with Crippen molar-refractivity contribution in [2.24, 2.45) is 5.92 Å². The lowest BCUT2D eigenvalue weighted by molar-refractivity contribution is -0.154. The van der Waals surface area contributed by atoms with Crippen LogP contribution in [0.4, 0.5) is 10.5 Å². The largest absolute Gasteiger partial charge is 0.467 e. The quantitative estimate of drug-likeness (QED) is 0.355. The minimum atomic E-state index is -0.575. The molecule has 0 aliphatic heterocycles. The summed E-state index contributed by atoms with van der Waals surface area (Å²) < 4.78 is 10.7. The summed E-state index contributed by atoms with van der Waals surface area (Å²) in [5.74, 6) is 0.256. The van der Waals surface area contributed by atoms with Crippen LogP contribution in [-0.2, 0) is 20.7 Å². The molecule has 2 amide bonds. The first-order chi connectivity index (χ1) is 16.0.